The van der Waals surface area contributed by atoms with E-state index in [1.807, 2.05) is 61.0 Å². The van der Waals surface area contributed by atoms with Crippen molar-refractivity contribution < 1.29 is 19.8 Å². The van der Waals surface area contributed by atoms with Crippen LogP contribution in [0.15, 0.2) is 70.5 Å². The summed E-state index contributed by atoms with van der Waals surface area (Å²) in [4.78, 5) is 26.0. The summed E-state index contributed by atoms with van der Waals surface area (Å²) in [5.74, 6) is -2.24. The van der Waals surface area contributed by atoms with Gasteiger partial charge in [-0.25, -0.2) is 9.59 Å². The summed E-state index contributed by atoms with van der Waals surface area (Å²) in [7, 11) is 0. The third kappa shape index (κ3) is 4.89. The number of carbonyl (C=O) groups is 2. The third-order valence-corrected chi connectivity index (χ3v) is 6.61. The fraction of sp³-hybridized carbons (Fsp3) is 0.167. The Balaban J connectivity index is 2.13. The summed E-state index contributed by atoms with van der Waals surface area (Å²) in [6.45, 7) is 0. The number of aromatic carboxylic acids is 2. The van der Waals surface area contributed by atoms with E-state index in [0.29, 0.717) is 24.0 Å². The highest BCUT2D eigenvalue weighted by atomic mass is 32.2. The molecule has 0 aliphatic rings. The predicted molar refractivity (Wildman–Crippen MR) is 122 cm³/mol. The van der Waals surface area contributed by atoms with E-state index < -0.39 is 11.9 Å². The van der Waals surface area contributed by atoms with E-state index in [1.54, 1.807) is 29.6 Å². The molecular weight excluding hydrogens is 416 g/mol. The van der Waals surface area contributed by atoms with Crippen molar-refractivity contribution in [2.75, 3.05) is 12.5 Å². The van der Waals surface area contributed by atoms with E-state index in [0.717, 1.165) is 20.9 Å². The fourth-order valence-corrected chi connectivity index (χ4v) is 4.73. The number of carboxylic acid groups (broad SMARTS) is 2. The van der Waals surface area contributed by atoms with Crippen LogP contribution in [0.5, 0.6) is 0 Å². The van der Waals surface area contributed by atoms with Crippen LogP contribution in [-0.4, -0.2) is 34.7 Å². The first-order valence-corrected chi connectivity index (χ1v) is 11.8. The van der Waals surface area contributed by atoms with Crippen molar-refractivity contribution in [1.29, 1.82) is 0 Å². The number of hydrogen-bond acceptors (Lipinski definition) is 4. The minimum Gasteiger partial charge on any atom is -0.478 e. The summed E-state index contributed by atoms with van der Waals surface area (Å²) >= 11 is 3.21. The van der Waals surface area contributed by atoms with Gasteiger partial charge in [-0.2, -0.15) is 0 Å². The summed E-state index contributed by atoms with van der Waals surface area (Å²) < 4.78 is 0. The topological polar surface area (TPSA) is 74.6 Å². The van der Waals surface area contributed by atoms with Crippen molar-refractivity contribution in [1.82, 2.24) is 0 Å². The summed E-state index contributed by atoms with van der Waals surface area (Å²) in [5.41, 5.74) is 3.34. The Hall–Kier alpha value is -2.70. The van der Waals surface area contributed by atoms with Crippen molar-refractivity contribution >= 4 is 35.5 Å². The van der Waals surface area contributed by atoms with Crippen LogP contribution >= 0.6 is 23.5 Å². The molecule has 0 saturated heterocycles. The monoisotopic (exact) mass is 438 g/mol. The first-order valence-electron chi connectivity index (χ1n) is 9.30. The van der Waals surface area contributed by atoms with E-state index in [-0.39, 0.29) is 11.1 Å². The lowest BCUT2D eigenvalue weighted by molar-refractivity contribution is 0.0695. The van der Waals surface area contributed by atoms with Gasteiger partial charge in [0, 0.05) is 9.79 Å². The SMILES string of the molecule is CSc1ccccc1Cc1cc(Cc2ccccc2SC)c(C(=O)O)cc1C(=O)O. The predicted octanol–water partition coefficient (Wildman–Crippen LogP) is 5.71. The molecule has 3 rings (SSSR count). The molecule has 3 aromatic carbocycles. The smallest absolute Gasteiger partial charge is 0.336 e. The molecule has 0 heterocycles. The molecule has 0 bridgehead atoms. The highest BCUT2D eigenvalue weighted by Crippen LogP contribution is 2.29. The Morgan fingerprint density at radius 2 is 1.07 bits per heavy atom. The molecule has 0 saturated carbocycles. The summed E-state index contributed by atoms with van der Waals surface area (Å²) in [5, 5.41) is 19.5. The number of hydrogen-bond donors (Lipinski definition) is 2. The van der Waals surface area contributed by atoms with Gasteiger partial charge in [-0.15, -0.1) is 23.5 Å². The van der Waals surface area contributed by atoms with Crippen molar-refractivity contribution in [3.05, 3.63) is 94.0 Å². The molecule has 0 spiro atoms. The molecule has 3 aromatic rings. The van der Waals surface area contributed by atoms with Crippen LogP contribution in [-0.2, 0) is 12.8 Å². The van der Waals surface area contributed by atoms with Crippen LogP contribution in [0, 0.1) is 0 Å². The van der Waals surface area contributed by atoms with Gasteiger partial charge in [0.25, 0.3) is 0 Å². The van der Waals surface area contributed by atoms with Crippen molar-refractivity contribution in [3.63, 3.8) is 0 Å². The molecule has 30 heavy (non-hydrogen) atoms. The molecule has 0 aliphatic heterocycles. The van der Waals surface area contributed by atoms with Gasteiger partial charge in [0.05, 0.1) is 11.1 Å². The lowest BCUT2D eigenvalue weighted by Gasteiger charge is -2.15. The second-order valence-electron chi connectivity index (χ2n) is 6.75. The molecule has 0 unspecified atom stereocenters. The molecule has 0 fully saturated rings. The van der Waals surface area contributed by atoms with E-state index in [1.165, 1.54) is 6.07 Å². The maximum atomic E-state index is 11.9. The molecule has 0 amide bonds. The quantitative estimate of drug-likeness (QED) is 0.439. The Morgan fingerprint density at radius 1 is 0.667 bits per heavy atom. The molecule has 0 aromatic heterocycles. The Kier molecular flexibility index (Phi) is 7.24. The molecule has 6 heteroatoms. The third-order valence-electron chi connectivity index (χ3n) is 4.94. The maximum absolute atomic E-state index is 11.9. The number of rotatable bonds is 8. The first-order chi connectivity index (χ1) is 14.4. The molecule has 0 atom stereocenters. The summed E-state index contributed by atoms with van der Waals surface area (Å²) in [6.07, 6.45) is 4.82. The lowest BCUT2D eigenvalue weighted by atomic mass is 9.91. The van der Waals surface area contributed by atoms with Crippen molar-refractivity contribution in [2.24, 2.45) is 0 Å². The van der Waals surface area contributed by atoms with Crippen molar-refractivity contribution in [2.45, 2.75) is 22.6 Å². The standard InChI is InChI=1S/C24H22O4S2/c1-29-21-9-5-3-7-15(21)11-17-13-18(12-16-8-4-6-10-22(16)30-2)20(24(27)28)14-19(17)23(25)26/h3-10,13-14H,11-12H2,1-2H3,(H,25,26)(H,27,28). The van der Waals surface area contributed by atoms with Gasteiger partial charge in [0.1, 0.15) is 0 Å². The lowest BCUT2D eigenvalue weighted by Crippen LogP contribution is -2.11. The van der Waals surface area contributed by atoms with E-state index in [9.17, 15) is 19.8 Å². The molecule has 0 radical (unpaired) electrons. The Labute approximate surface area is 184 Å². The zero-order chi connectivity index (χ0) is 21.7. The van der Waals surface area contributed by atoms with E-state index in [2.05, 4.69) is 0 Å². The molecule has 2 N–H and O–H groups in total. The van der Waals surface area contributed by atoms with Gasteiger partial charge in [-0.3, -0.25) is 0 Å². The zero-order valence-corrected chi connectivity index (χ0v) is 18.3. The fourth-order valence-electron chi connectivity index (χ4n) is 3.49. The van der Waals surface area contributed by atoms with Crippen LogP contribution in [0.4, 0.5) is 0 Å². The van der Waals surface area contributed by atoms with Gasteiger partial charge in [-0.1, -0.05) is 42.5 Å². The van der Waals surface area contributed by atoms with Gasteiger partial charge >= 0.3 is 11.9 Å². The normalized spacial score (nSPS) is 10.7. The molecular formula is C24H22O4S2. The van der Waals surface area contributed by atoms with E-state index in [4.69, 9.17) is 0 Å². The van der Waals surface area contributed by atoms with Crippen LogP contribution in [0.25, 0.3) is 0 Å². The first kappa shape index (κ1) is 22.0. The zero-order valence-electron chi connectivity index (χ0n) is 16.7. The van der Waals surface area contributed by atoms with Gasteiger partial charge in [0.2, 0.25) is 0 Å². The van der Waals surface area contributed by atoms with Gasteiger partial charge < -0.3 is 10.2 Å². The van der Waals surface area contributed by atoms with Crippen LogP contribution in [0.2, 0.25) is 0 Å². The van der Waals surface area contributed by atoms with Gasteiger partial charge in [0.15, 0.2) is 0 Å². The number of carboxylic acids is 2. The largest absolute Gasteiger partial charge is 0.478 e. The number of thioether (sulfide) groups is 2. The maximum Gasteiger partial charge on any atom is 0.336 e. The van der Waals surface area contributed by atoms with E-state index >= 15 is 0 Å². The second kappa shape index (κ2) is 9.87. The highest BCUT2D eigenvalue weighted by Gasteiger charge is 2.20. The van der Waals surface area contributed by atoms with Crippen LogP contribution in [0.1, 0.15) is 43.0 Å². The highest BCUT2D eigenvalue weighted by molar-refractivity contribution is 7.98. The number of benzene rings is 3. The summed E-state index contributed by atoms with van der Waals surface area (Å²) in [6, 6.07) is 18.8. The minimum absolute atomic E-state index is 0.0326. The van der Waals surface area contributed by atoms with Crippen molar-refractivity contribution in [3.8, 4) is 0 Å². The Morgan fingerprint density at radius 3 is 1.43 bits per heavy atom. The minimum atomic E-state index is -1.12. The molecule has 0 aliphatic carbocycles. The molecule has 4 nitrogen and oxygen atoms in total. The average molecular weight is 439 g/mol. The average Bonchev–Trinajstić information content (AvgIpc) is 2.74. The Bertz CT molecular complexity index is 1010. The molecule has 154 valence electrons. The van der Waals surface area contributed by atoms with Gasteiger partial charge in [-0.05, 0) is 65.8 Å². The second-order valence-corrected chi connectivity index (χ2v) is 8.45. The van der Waals surface area contributed by atoms with Crippen LogP contribution < -0.4 is 0 Å². The van der Waals surface area contributed by atoms with Crippen LogP contribution in [0.3, 0.4) is 0 Å².